The zero-order chi connectivity index (χ0) is 36.1. The van der Waals surface area contributed by atoms with Gasteiger partial charge in [-0.3, -0.25) is 9.59 Å². The topological polar surface area (TPSA) is 294 Å². The number of hydrogen-bond acceptors (Lipinski definition) is 17. The van der Waals surface area contributed by atoms with Crippen LogP contribution >= 0.6 is 0 Å². The lowest BCUT2D eigenvalue weighted by Gasteiger charge is -2.49. The van der Waals surface area contributed by atoms with Gasteiger partial charge in [0.05, 0.1) is 36.4 Å². The van der Waals surface area contributed by atoms with Gasteiger partial charge < -0.3 is 75.1 Å². The third-order valence-electron chi connectivity index (χ3n) is 9.45. The number of aliphatic hydroxyl groups is 9. The normalized spacial score (nSPS) is 35.6. The Bertz CT molecular complexity index is 1550. The Balaban J connectivity index is 1.42. The molecule has 11 N–H and O–H groups in total. The van der Waals surface area contributed by atoms with E-state index in [9.17, 15) is 65.8 Å². The third kappa shape index (κ3) is 6.30. The van der Waals surface area contributed by atoms with Gasteiger partial charge >= 0.3 is 5.97 Å². The second kappa shape index (κ2) is 14.1. The summed E-state index contributed by atoms with van der Waals surface area (Å²) >= 11 is 0. The molecule has 2 aromatic rings. The Morgan fingerprint density at radius 1 is 0.816 bits per heavy atom. The number of esters is 1. The van der Waals surface area contributed by atoms with E-state index < -0.39 is 133 Å². The number of ether oxygens (including phenoxy) is 4. The van der Waals surface area contributed by atoms with Crippen LogP contribution in [0.15, 0.2) is 30.3 Å². The number of carbonyl (C=O) groups is 2. The number of phenolic OH excluding ortho intramolecular Hbond substituents is 2. The van der Waals surface area contributed by atoms with Crippen LogP contribution in [0.5, 0.6) is 11.5 Å². The summed E-state index contributed by atoms with van der Waals surface area (Å²) in [4.78, 5) is 26.7. The van der Waals surface area contributed by atoms with Gasteiger partial charge in [0.1, 0.15) is 78.6 Å². The van der Waals surface area contributed by atoms with Crippen molar-refractivity contribution in [2.24, 2.45) is 5.92 Å². The lowest BCUT2D eigenvalue weighted by molar-refractivity contribution is -0.312. The molecule has 0 spiro atoms. The fourth-order valence-electron chi connectivity index (χ4n) is 6.41. The summed E-state index contributed by atoms with van der Waals surface area (Å²) in [6.45, 7) is 0.781. The van der Waals surface area contributed by atoms with Crippen LogP contribution in [0.25, 0.3) is 0 Å². The Hall–Kier alpha value is -3.30. The second-order valence-corrected chi connectivity index (χ2v) is 12.5. The van der Waals surface area contributed by atoms with Crippen LogP contribution in [0.1, 0.15) is 46.5 Å². The molecule has 17 nitrogen and oxygen atoms in total. The van der Waals surface area contributed by atoms with Gasteiger partial charge in [-0.05, 0) is 37.6 Å². The molecule has 0 radical (unpaired) electrons. The predicted molar refractivity (Wildman–Crippen MR) is 160 cm³/mol. The summed E-state index contributed by atoms with van der Waals surface area (Å²) in [6, 6.07) is 5.96. The van der Waals surface area contributed by atoms with Gasteiger partial charge in [-0.15, -0.1) is 0 Å². The van der Waals surface area contributed by atoms with Crippen molar-refractivity contribution in [3.63, 3.8) is 0 Å². The molecule has 0 unspecified atom stereocenters. The smallest absolute Gasteiger partial charge is 0.311 e. The zero-order valence-electron chi connectivity index (χ0n) is 26.3. The van der Waals surface area contributed by atoms with Gasteiger partial charge in [0.25, 0.3) is 0 Å². The van der Waals surface area contributed by atoms with Crippen molar-refractivity contribution in [2.75, 3.05) is 13.2 Å². The largest absolute Gasteiger partial charge is 0.507 e. The third-order valence-corrected chi connectivity index (χ3v) is 9.45. The molecule has 0 amide bonds. The second-order valence-electron chi connectivity index (χ2n) is 12.5. The minimum absolute atomic E-state index is 0.0266. The van der Waals surface area contributed by atoms with Gasteiger partial charge in [0.15, 0.2) is 6.29 Å². The van der Waals surface area contributed by atoms with Gasteiger partial charge in [-0.2, -0.15) is 0 Å². The minimum Gasteiger partial charge on any atom is -0.507 e. The van der Waals surface area contributed by atoms with Crippen molar-refractivity contribution >= 4 is 11.8 Å². The molecule has 1 aliphatic carbocycles. The first-order valence-corrected chi connectivity index (χ1v) is 15.5. The van der Waals surface area contributed by atoms with Gasteiger partial charge in [0.2, 0.25) is 5.78 Å². The number of phenols is 2. The quantitative estimate of drug-likeness (QED) is 0.114. The van der Waals surface area contributed by atoms with Crippen molar-refractivity contribution in [2.45, 2.75) is 93.4 Å². The molecule has 3 aliphatic rings. The van der Waals surface area contributed by atoms with Crippen LogP contribution in [0, 0.1) is 5.92 Å². The molecular weight excluding hydrogens is 656 g/mol. The van der Waals surface area contributed by atoms with Crippen molar-refractivity contribution in [1.82, 2.24) is 0 Å². The van der Waals surface area contributed by atoms with E-state index in [1.54, 1.807) is 0 Å². The SMILES string of the molecule is C[C@H](O[C@@H]1O[C@H](CO)[C@@H](O)[C@H](O)[C@H]1O)[C@@H](C)C(=O)OCc1cc(O)c2c(c1)[C@](O)([C@@H]1O[C@H](CO)[C@@H](O)[C@H](O)[C@H]1O)c1cccc(O)c1C2=O. The molecule has 13 atom stereocenters. The zero-order valence-corrected chi connectivity index (χ0v) is 26.3. The summed E-state index contributed by atoms with van der Waals surface area (Å²) < 4.78 is 22.0. The van der Waals surface area contributed by atoms with Gasteiger partial charge in [-0.25, -0.2) is 0 Å². The standard InChI is InChI=1S/C32H40O17/c1-11(12(2)47-31-28(43)26(41)23(38)19(9-34)49-31)30(44)46-10-13-6-15-21(17(36)7-13)24(39)20-14(4-3-5-16(20)35)32(15,45)29-27(42)25(40)22(37)18(8-33)48-29/h3-7,11-12,18-19,22-23,25-29,31,33-38,40-43,45H,8-10H2,1-2H3/t11-,12+,18-,19-,22-,23-,25+,26+,27-,28-,29-,31-,32+/m1/s1. The number of rotatable bonds is 9. The van der Waals surface area contributed by atoms with Crippen molar-refractivity contribution in [3.05, 3.63) is 58.1 Å². The lowest BCUT2D eigenvalue weighted by atomic mass is 9.68. The van der Waals surface area contributed by atoms with E-state index in [1.165, 1.54) is 32.0 Å². The molecule has 270 valence electrons. The van der Waals surface area contributed by atoms with E-state index in [2.05, 4.69) is 0 Å². The Labute approximate surface area is 278 Å². The van der Waals surface area contributed by atoms with Crippen LogP contribution in [0.3, 0.4) is 0 Å². The van der Waals surface area contributed by atoms with Crippen LogP contribution in [0.2, 0.25) is 0 Å². The molecule has 2 fully saturated rings. The maximum absolute atomic E-state index is 13.6. The number of hydrogen-bond donors (Lipinski definition) is 11. The van der Waals surface area contributed by atoms with E-state index >= 15 is 0 Å². The van der Waals surface area contributed by atoms with Crippen molar-refractivity contribution < 1.29 is 84.7 Å². The number of aliphatic hydroxyl groups excluding tert-OH is 8. The molecule has 0 saturated carbocycles. The van der Waals surface area contributed by atoms with Gasteiger partial charge in [-0.1, -0.05) is 12.1 Å². The van der Waals surface area contributed by atoms with Gasteiger partial charge in [0, 0.05) is 11.1 Å². The predicted octanol–water partition coefficient (Wildman–Crippen LogP) is -3.40. The van der Waals surface area contributed by atoms with Crippen LogP contribution in [-0.4, -0.2) is 148 Å². The summed E-state index contributed by atoms with van der Waals surface area (Å²) in [6.07, 6.45) is -17.9. The molecular formula is C32H40O17. The lowest BCUT2D eigenvalue weighted by Crippen LogP contribution is -2.65. The Morgan fingerprint density at radius 3 is 2.04 bits per heavy atom. The van der Waals surface area contributed by atoms with E-state index in [4.69, 9.17) is 18.9 Å². The maximum atomic E-state index is 13.6. The molecule has 5 rings (SSSR count). The highest BCUT2D eigenvalue weighted by Gasteiger charge is 2.58. The first-order chi connectivity index (χ1) is 23.1. The highest BCUT2D eigenvalue weighted by Crippen LogP contribution is 2.50. The summed E-state index contributed by atoms with van der Waals surface area (Å²) in [5, 5.41) is 115. The first-order valence-electron chi connectivity index (χ1n) is 15.5. The van der Waals surface area contributed by atoms with E-state index in [0.29, 0.717) is 0 Å². The molecule has 0 aromatic heterocycles. The number of benzene rings is 2. The number of ketones is 1. The van der Waals surface area contributed by atoms with Crippen molar-refractivity contribution in [3.8, 4) is 11.5 Å². The van der Waals surface area contributed by atoms with E-state index in [1.807, 2.05) is 0 Å². The number of fused-ring (bicyclic) bond motifs is 2. The molecule has 2 aliphatic heterocycles. The fraction of sp³-hybridized carbons (Fsp3) is 0.562. The Morgan fingerprint density at radius 2 is 1.41 bits per heavy atom. The summed E-state index contributed by atoms with van der Waals surface area (Å²) in [5.74, 6) is -4.10. The summed E-state index contributed by atoms with van der Waals surface area (Å²) in [7, 11) is 0. The van der Waals surface area contributed by atoms with E-state index in [-0.39, 0.29) is 16.7 Å². The maximum Gasteiger partial charge on any atom is 0.311 e. The minimum atomic E-state index is -2.61. The number of aromatic hydroxyl groups is 2. The highest BCUT2D eigenvalue weighted by atomic mass is 16.7. The first kappa shape index (κ1) is 37.0. The molecule has 2 heterocycles. The molecule has 2 saturated heterocycles. The van der Waals surface area contributed by atoms with Crippen LogP contribution < -0.4 is 0 Å². The van der Waals surface area contributed by atoms with Crippen molar-refractivity contribution in [1.29, 1.82) is 0 Å². The van der Waals surface area contributed by atoms with E-state index in [0.717, 1.165) is 12.1 Å². The molecule has 2 aromatic carbocycles. The number of carbonyl (C=O) groups excluding carboxylic acids is 2. The monoisotopic (exact) mass is 696 g/mol. The average molecular weight is 697 g/mol. The highest BCUT2D eigenvalue weighted by molar-refractivity contribution is 6.16. The molecule has 17 heteroatoms. The average Bonchev–Trinajstić information content (AvgIpc) is 3.08. The summed E-state index contributed by atoms with van der Waals surface area (Å²) in [5.41, 5.74) is -4.17. The molecule has 0 bridgehead atoms. The molecule has 49 heavy (non-hydrogen) atoms. The fourth-order valence-corrected chi connectivity index (χ4v) is 6.41. The van der Waals surface area contributed by atoms with Crippen LogP contribution in [-0.2, 0) is 35.9 Å². The van der Waals surface area contributed by atoms with Crippen LogP contribution in [0.4, 0.5) is 0 Å². The Kier molecular flexibility index (Phi) is 10.7.